The fraction of sp³-hybridized carbons (Fsp3) is 0. The molecule has 2 aromatic heterocycles. The number of benzene rings is 2. The van der Waals surface area contributed by atoms with Crippen LogP contribution in [0.2, 0.25) is 0 Å². The molecule has 0 aliphatic rings. The normalized spacial score (nSPS) is 11.2. The van der Waals surface area contributed by atoms with Crippen LogP contribution >= 0.6 is 0 Å². The second kappa shape index (κ2) is 6.53. The largest absolute Gasteiger partial charge is 0.282 e. The lowest BCUT2D eigenvalue weighted by Gasteiger charge is -2.12. The first-order chi connectivity index (χ1) is 12.3. The summed E-state index contributed by atoms with van der Waals surface area (Å²) in [5, 5.41) is 0.503. The summed E-state index contributed by atoms with van der Waals surface area (Å²) < 4.78 is 1.90. The van der Waals surface area contributed by atoms with Gasteiger partial charge < -0.3 is 0 Å². The molecule has 4 nitrogen and oxygen atoms in total. The number of para-hydroxylation sites is 1. The molecule has 0 atom stereocenters. The Morgan fingerprint density at radius 1 is 0.800 bits per heavy atom. The van der Waals surface area contributed by atoms with Crippen molar-refractivity contribution in [2.75, 3.05) is 0 Å². The molecule has 0 N–H and O–H groups in total. The van der Waals surface area contributed by atoms with E-state index in [9.17, 15) is 4.79 Å². The Morgan fingerprint density at radius 3 is 2.28 bits per heavy atom. The maximum atomic E-state index is 12.4. The quantitative estimate of drug-likeness (QED) is 0.573. The van der Waals surface area contributed by atoms with Crippen molar-refractivity contribution in [2.24, 2.45) is 0 Å². The maximum absolute atomic E-state index is 12.4. The molecule has 0 fully saturated rings. The van der Waals surface area contributed by atoms with Gasteiger partial charge >= 0.3 is 0 Å². The van der Waals surface area contributed by atoms with Crippen LogP contribution in [0.3, 0.4) is 0 Å². The minimum atomic E-state index is -0.275. The molecule has 0 spiro atoms. The number of rotatable bonds is 3. The molecule has 0 unspecified atom stereocenters. The molecular weight excluding hydrogens is 310 g/mol. The minimum absolute atomic E-state index is 0.275. The van der Waals surface area contributed by atoms with E-state index < -0.39 is 0 Å². The lowest BCUT2D eigenvalue weighted by atomic mass is 10.2. The molecule has 0 saturated heterocycles. The number of fused-ring (bicyclic) bond motifs is 1. The second-order valence-corrected chi connectivity index (χ2v) is 5.56. The van der Waals surface area contributed by atoms with Crippen molar-refractivity contribution >= 4 is 23.2 Å². The van der Waals surface area contributed by atoms with Gasteiger partial charge in [-0.2, -0.15) is 4.98 Å². The van der Waals surface area contributed by atoms with Crippen molar-refractivity contribution in [1.82, 2.24) is 14.5 Å². The molecule has 4 aromatic rings. The Kier molecular flexibility index (Phi) is 3.92. The lowest BCUT2D eigenvalue weighted by molar-refractivity contribution is 0.971. The maximum Gasteiger partial charge on any atom is 0.282 e. The summed E-state index contributed by atoms with van der Waals surface area (Å²) in [6.45, 7) is 0. The number of nitrogens with zero attached hydrogens (tertiary/aromatic N) is 3. The van der Waals surface area contributed by atoms with Crippen LogP contribution in [0.5, 0.6) is 0 Å². The zero-order chi connectivity index (χ0) is 17.1. The fourth-order valence-electron chi connectivity index (χ4n) is 2.74. The Balaban J connectivity index is 1.97. The van der Waals surface area contributed by atoms with Crippen LogP contribution in [0.15, 0.2) is 83.8 Å². The third-order valence-corrected chi connectivity index (χ3v) is 3.91. The van der Waals surface area contributed by atoms with Crippen molar-refractivity contribution in [1.29, 1.82) is 0 Å². The van der Waals surface area contributed by atoms with Crippen molar-refractivity contribution in [2.45, 2.75) is 0 Å². The van der Waals surface area contributed by atoms with Gasteiger partial charge in [-0.3, -0.25) is 9.36 Å². The summed E-state index contributed by atoms with van der Waals surface area (Å²) >= 11 is 0. The standard InChI is InChI=1S/C21H15N3O/c25-21-18-12-7-15-22-20(18)24(17-10-5-2-6-11-17)19(23-21)14-13-16-8-3-1-4-9-16/h1-15H. The van der Waals surface area contributed by atoms with Gasteiger partial charge in [-0.1, -0.05) is 54.6 Å². The molecular formula is C21H15N3O. The van der Waals surface area contributed by atoms with Crippen molar-refractivity contribution in [3.63, 3.8) is 0 Å². The summed E-state index contributed by atoms with van der Waals surface area (Å²) in [6.07, 6.45) is 5.47. The molecule has 0 amide bonds. The minimum Gasteiger partial charge on any atom is -0.278 e. The summed E-state index contributed by atoms with van der Waals surface area (Å²) in [5.74, 6) is 0.547. The van der Waals surface area contributed by atoms with Crippen LogP contribution < -0.4 is 5.56 Å². The summed E-state index contributed by atoms with van der Waals surface area (Å²) in [6, 6.07) is 23.2. The molecule has 25 heavy (non-hydrogen) atoms. The second-order valence-electron chi connectivity index (χ2n) is 5.56. The molecule has 4 heteroatoms. The van der Waals surface area contributed by atoms with Gasteiger partial charge in [-0.15, -0.1) is 0 Å². The lowest BCUT2D eigenvalue weighted by Crippen LogP contribution is -2.16. The third-order valence-electron chi connectivity index (χ3n) is 3.91. The van der Waals surface area contributed by atoms with Crippen LogP contribution in [0.25, 0.3) is 28.9 Å². The first-order valence-corrected chi connectivity index (χ1v) is 7.99. The van der Waals surface area contributed by atoms with Crippen LogP contribution in [-0.2, 0) is 0 Å². The highest BCUT2D eigenvalue weighted by Crippen LogP contribution is 2.17. The van der Waals surface area contributed by atoms with Gasteiger partial charge in [-0.25, -0.2) is 4.98 Å². The van der Waals surface area contributed by atoms with E-state index >= 15 is 0 Å². The highest BCUT2D eigenvalue weighted by molar-refractivity contribution is 5.78. The van der Waals surface area contributed by atoms with Gasteiger partial charge in [0, 0.05) is 11.9 Å². The molecule has 0 saturated carbocycles. The summed E-state index contributed by atoms with van der Waals surface area (Å²) in [7, 11) is 0. The summed E-state index contributed by atoms with van der Waals surface area (Å²) in [4.78, 5) is 21.1. The summed E-state index contributed by atoms with van der Waals surface area (Å²) in [5.41, 5.74) is 2.27. The van der Waals surface area contributed by atoms with Crippen LogP contribution in [0.4, 0.5) is 0 Å². The van der Waals surface area contributed by atoms with E-state index in [1.807, 2.05) is 77.4 Å². The van der Waals surface area contributed by atoms with E-state index in [1.54, 1.807) is 18.3 Å². The third kappa shape index (κ3) is 2.97. The van der Waals surface area contributed by atoms with E-state index in [0.29, 0.717) is 16.9 Å². The number of hydrogen-bond donors (Lipinski definition) is 0. The molecule has 0 radical (unpaired) electrons. The Bertz CT molecular complexity index is 1100. The van der Waals surface area contributed by atoms with Gasteiger partial charge in [0.2, 0.25) is 0 Å². The molecule has 2 heterocycles. The molecule has 4 rings (SSSR count). The average molecular weight is 325 g/mol. The highest BCUT2D eigenvalue weighted by atomic mass is 16.1. The Labute approximate surface area is 144 Å². The first kappa shape index (κ1) is 15.0. The predicted molar refractivity (Wildman–Crippen MR) is 101 cm³/mol. The zero-order valence-corrected chi connectivity index (χ0v) is 13.4. The van der Waals surface area contributed by atoms with Crippen LogP contribution in [-0.4, -0.2) is 14.5 Å². The van der Waals surface area contributed by atoms with Crippen molar-refractivity contribution in [3.05, 3.63) is 101 Å². The van der Waals surface area contributed by atoms with E-state index in [4.69, 9.17) is 0 Å². The molecule has 0 bridgehead atoms. The number of aromatic nitrogens is 3. The van der Waals surface area contributed by atoms with Gasteiger partial charge in [-0.05, 0) is 35.9 Å². The average Bonchev–Trinajstić information content (AvgIpc) is 2.68. The first-order valence-electron chi connectivity index (χ1n) is 7.99. The predicted octanol–water partition coefficient (Wildman–Crippen LogP) is 3.95. The molecule has 2 aromatic carbocycles. The van der Waals surface area contributed by atoms with E-state index in [1.165, 1.54) is 0 Å². The monoisotopic (exact) mass is 325 g/mol. The SMILES string of the molecule is O=c1nc(C=Cc2ccccc2)n(-c2ccccc2)c2ncccc12. The topological polar surface area (TPSA) is 47.8 Å². The number of pyridine rings is 1. The Hall–Kier alpha value is -3.53. The van der Waals surface area contributed by atoms with Crippen molar-refractivity contribution in [3.8, 4) is 5.69 Å². The van der Waals surface area contributed by atoms with E-state index in [-0.39, 0.29) is 5.56 Å². The highest BCUT2D eigenvalue weighted by Gasteiger charge is 2.11. The van der Waals surface area contributed by atoms with Crippen LogP contribution in [0, 0.1) is 0 Å². The smallest absolute Gasteiger partial charge is 0.278 e. The van der Waals surface area contributed by atoms with E-state index in [0.717, 1.165) is 11.3 Å². The Morgan fingerprint density at radius 2 is 1.52 bits per heavy atom. The van der Waals surface area contributed by atoms with E-state index in [2.05, 4.69) is 9.97 Å². The van der Waals surface area contributed by atoms with Crippen molar-refractivity contribution < 1.29 is 0 Å². The molecule has 0 aliphatic heterocycles. The number of hydrogen-bond acceptors (Lipinski definition) is 3. The molecule has 120 valence electrons. The van der Waals surface area contributed by atoms with Gasteiger partial charge in [0.15, 0.2) is 5.65 Å². The van der Waals surface area contributed by atoms with Gasteiger partial charge in [0.05, 0.1) is 5.39 Å². The molecule has 0 aliphatic carbocycles. The zero-order valence-electron chi connectivity index (χ0n) is 13.4. The van der Waals surface area contributed by atoms with Gasteiger partial charge in [0.25, 0.3) is 5.56 Å². The van der Waals surface area contributed by atoms with Gasteiger partial charge in [0.1, 0.15) is 5.82 Å². The van der Waals surface area contributed by atoms with Crippen LogP contribution in [0.1, 0.15) is 11.4 Å². The fourth-order valence-corrected chi connectivity index (χ4v) is 2.74.